The Hall–Kier alpha value is -2.54. The largest absolute Gasteiger partial charge is 0.493 e. The summed E-state index contributed by atoms with van der Waals surface area (Å²) in [5.74, 6) is 1.20. The summed E-state index contributed by atoms with van der Waals surface area (Å²) in [6.45, 7) is 5.45. The molecule has 0 aliphatic carbocycles. The lowest BCUT2D eigenvalue weighted by atomic mass is 10.1. The van der Waals surface area contributed by atoms with Gasteiger partial charge in [-0.3, -0.25) is 9.48 Å². The maximum atomic E-state index is 12.5. The number of hydrogen-bond donors (Lipinski definition) is 1. The van der Waals surface area contributed by atoms with Crippen LogP contribution in [-0.4, -0.2) is 42.1 Å². The van der Waals surface area contributed by atoms with Crippen molar-refractivity contribution in [1.29, 1.82) is 0 Å². The second-order valence-corrected chi connectivity index (χ2v) is 6.78. The fourth-order valence-corrected chi connectivity index (χ4v) is 3.27. The van der Waals surface area contributed by atoms with E-state index in [1.54, 1.807) is 11.8 Å². The quantitative estimate of drug-likeness (QED) is 0.807. The highest BCUT2D eigenvalue weighted by molar-refractivity contribution is 5.96. The van der Waals surface area contributed by atoms with Gasteiger partial charge < -0.3 is 19.5 Å². The molecule has 1 aromatic carbocycles. The van der Waals surface area contributed by atoms with E-state index in [0.29, 0.717) is 30.2 Å². The normalized spacial score (nSPS) is 16.4. The number of nitrogens with one attached hydrogen (secondary N) is 1. The number of ether oxygens (including phenoxy) is 3. The minimum atomic E-state index is -0.129. The number of carbonyl (C=O) groups is 1. The van der Waals surface area contributed by atoms with Crippen molar-refractivity contribution in [2.75, 3.05) is 20.3 Å². The first kappa shape index (κ1) is 19.2. The first-order valence-electron chi connectivity index (χ1n) is 9.19. The van der Waals surface area contributed by atoms with E-state index in [9.17, 15) is 4.79 Å². The third-order valence-electron chi connectivity index (χ3n) is 4.87. The van der Waals surface area contributed by atoms with Crippen LogP contribution >= 0.6 is 0 Å². The van der Waals surface area contributed by atoms with Crippen LogP contribution in [-0.2, 0) is 18.3 Å². The molecule has 0 bridgehead atoms. The van der Waals surface area contributed by atoms with Crippen LogP contribution < -0.4 is 14.8 Å². The van der Waals surface area contributed by atoms with Gasteiger partial charge in [0.15, 0.2) is 11.5 Å². The van der Waals surface area contributed by atoms with Crippen molar-refractivity contribution in [3.63, 3.8) is 0 Å². The Morgan fingerprint density at radius 1 is 1.37 bits per heavy atom. The average Bonchev–Trinajstić information content (AvgIpc) is 3.26. The minimum Gasteiger partial charge on any atom is -0.493 e. The zero-order valence-corrected chi connectivity index (χ0v) is 16.4. The standard InChI is InChI=1S/C20H27N3O4/c1-13-19(14(2)23(3)22-13)20(24)21-11-15-7-8-17(18(10-15)25-4)27-12-16-6-5-9-26-16/h7-8,10,16H,5-6,9,11-12H2,1-4H3,(H,21,24). The monoisotopic (exact) mass is 373 g/mol. The molecule has 27 heavy (non-hydrogen) atoms. The zero-order valence-electron chi connectivity index (χ0n) is 16.4. The van der Waals surface area contributed by atoms with Crippen LogP contribution in [0.25, 0.3) is 0 Å². The van der Waals surface area contributed by atoms with Crippen molar-refractivity contribution >= 4 is 5.91 Å². The summed E-state index contributed by atoms with van der Waals surface area (Å²) in [4.78, 5) is 12.5. The molecule has 1 amide bonds. The SMILES string of the molecule is COc1cc(CNC(=O)c2c(C)nn(C)c2C)ccc1OCC1CCCO1. The highest BCUT2D eigenvalue weighted by Crippen LogP contribution is 2.29. The molecule has 1 N–H and O–H groups in total. The van der Waals surface area contributed by atoms with Gasteiger partial charge in [-0.15, -0.1) is 0 Å². The Balaban J connectivity index is 1.62. The lowest BCUT2D eigenvalue weighted by Crippen LogP contribution is -2.24. The van der Waals surface area contributed by atoms with Gasteiger partial charge in [-0.25, -0.2) is 0 Å². The second-order valence-electron chi connectivity index (χ2n) is 6.78. The Bertz CT molecular complexity index is 810. The predicted octanol–water partition coefficient (Wildman–Crippen LogP) is 2.53. The molecule has 7 nitrogen and oxygen atoms in total. The molecule has 2 heterocycles. The summed E-state index contributed by atoms with van der Waals surface area (Å²) in [6, 6.07) is 5.68. The number of carbonyl (C=O) groups excluding carboxylic acids is 1. The van der Waals surface area contributed by atoms with Gasteiger partial charge in [-0.1, -0.05) is 6.07 Å². The number of aromatic nitrogens is 2. The van der Waals surface area contributed by atoms with Crippen molar-refractivity contribution in [1.82, 2.24) is 15.1 Å². The molecule has 1 atom stereocenters. The smallest absolute Gasteiger partial charge is 0.255 e. The van der Waals surface area contributed by atoms with Crippen LogP contribution in [0.4, 0.5) is 0 Å². The van der Waals surface area contributed by atoms with Gasteiger partial charge in [0, 0.05) is 25.9 Å². The summed E-state index contributed by atoms with van der Waals surface area (Å²) in [5.41, 5.74) is 3.13. The number of amides is 1. The minimum absolute atomic E-state index is 0.129. The summed E-state index contributed by atoms with van der Waals surface area (Å²) in [6.07, 6.45) is 2.26. The van der Waals surface area contributed by atoms with Crippen LogP contribution in [0.2, 0.25) is 0 Å². The molecule has 0 radical (unpaired) electrons. The van der Waals surface area contributed by atoms with E-state index in [0.717, 1.165) is 36.4 Å². The third-order valence-corrected chi connectivity index (χ3v) is 4.87. The van der Waals surface area contributed by atoms with Gasteiger partial charge in [0.25, 0.3) is 5.91 Å². The Morgan fingerprint density at radius 2 is 2.19 bits per heavy atom. The third kappa shape index (κ3) is 4.42. The first-order chi connectivity index (χ1) is 13.0. The number of benzene rings is 1. The lowest BCUT2D eigenvalue weighted by Gasteiger charge is -2.15. The molecule has 1 aliphatic rings. The van der Waals surface area contributed by atoms with Crippen molar-refractivity contribution in [2.45, 2.75) is 39.3 Å². The molecule has 1 saturated heterocycles. The van der Waals surface area contributed by atoms with Crippen LogP contribution in [0.5, 0.6) is 11.5 Å². The van der Waals surface area contributed by atoms with Crippen molar-refractivity contribution in [3.8, 4) is 11.5 Å². The van der Waals surface area contributed by atoms with Gasteiger partial charge in [0.1, 0.15) is 6.61 Å². The maximum absolute atomic E-state index is 12.5. The first-order valence-corrected chi connectivity index (χ1v) is 9.19. The van der Waals surface area contributed by atoms with E-state index in [2.05, 4.69) is 10.4 Å². The summed E-state index contributed by atoms with van der Waals surface area (Å²) in [5, 5.41) is 7.24. The Morgan fingerprint density at radius 3 is 2.81 bits per heavy atom. The molecule has 1 aliphatic heterocycles. The van der Waals surface area contributed by atoms with Crippen LogP contribution in [0.3, 0.4) is 0 Å². The van der Waals surface area contributed by atoms with Gasteiger partial charge in [0.05, 0.1) is 24.5 Å². The number of rotatable bonds is 7. The number of aryl methyl sites for hydroxylation is 2. The number of nitrogens with zero attached hydrogens (tertiary/aromatic N) is 2. The van der Waals surface area contributed by atoms with Gasteiger partial charge in [-0.05, 0) is 44.4 Å². The topological polar surface area (TPSA) is 74.6 Å². The fraction of sp³-hybridized carbons (Fsp3) is 0.500. The second kappa shape index (κ2) is 8.43. The van der Waals surface area contributed by atoms with Gasteiger partial charge in [-0.2, -0.15) is 5.10 Å². The molecule has 1 aromatic heterocycles. The zero-order chi connectivity index (χ0) is 19.4. The summed E-state index contributed by atoms with van der Waals surface area (Å²) < 4.78 is 18.6. The van der Waals surface area contributed by atoms with Crippen LogP contribution in [0.15, 0.2) is 18.2 Å². The molecule has 2 aromatic rings. The summed E-state index contributed by atoms with van der Waals surface area (Å²) in [7, 11) is 3.44. The van der Waals surface area contributed by atoms with E-state index in [1.165, 1.54) is 0 Å². The highest BCUT2D eigenvalue weighted by atomic mass is 16.5. The molecule has 0 saturated carbocycles. The molecule has 0 spiro atoms. The van der Waals surface area contributed by atoms with E-state index < -0.39 is 0 Å². The number of methoxy groups -OCH3 is 1. The number of hydrogen-bond acceptors (Lipinski definition) is 5. The van der Waals surface area contributed by atoms with E-state index in [1.807, 2.05) is 39.1 Å². The fourth-order valence-electron chi connectivity index (χ4n) is 3.27. The molecule has 7 heteroatoms. The molecule has 1 fully saturated rings. The maximum Gasteiger partial charge on any atom is 0.255 e. The highest BCUT2D eigenvalue weighted by Gasteiger charge is 2.18. The van der Waals surface area contributed by atoms with Crippen molar-refractivity contribution < 1.29 is 19.0 Å². The average molecular weight is 373 g/mol. The molecule has 146 valence electrons. The Labute approximate surface area is 159 Å². The van der Waals surface area contributed by atoms with Crippen molar-refractivity contribution in [2.24, 2.45) is 7.05 Å². The molecule has 1 unspecified atom stereocenters. The van der Waals surface area contributed by atoms with E-state index in [4.69, 9.17) is 14.2 Å². The molecular formula is C20H27N3O4. The van der Waals surface area contributed by atoms with E-state index in [-0.39, 0.29) is 12.0 Å². The van der Waals surface area contributed by atoms with E-state index >= 15 is 0 Å². The van der Waals surface area contributed by atoms with Crippen LogP contribution in [0, 0.1) is 13.8 Å². The molecular weight excluding hydrogens is 346 g/mol. The predicted molar refractivity (Wildman–Crippen MR) is 101 cm³/mol. The van der Waals surface area contributed by atoms with Crippen LogP contribution in [0.1, 0.15) is 40.2 Å². The molecule has 3 rings (SSSR count). The summed E-state index contributed by atoms with van der Waals surface area (Å²) >= 11 is 0. The lowest BCUT2D eigenvalue weighted by molar-refractivity contribution is 0.0669. The Kier molecular flexibility index (Phi) is 6.01. The van der Waals surface area contributed by atoms with Crippen molar-refractivity contribution in [3.05, 3.63) is 40.7 Å². The van der Waals surface area contributed by atoms with Gasteiger partial charge >= 0.3 is 0 Å². The van der Waals surface area contributed by atoms with Gasteiger partial charge in [0.2, 0.25) is 0 Å².